The van der Waals surface area contributed by atoms with E-state index < -0.39 is 5.97 Å². The minimum atomic E-state index is -0.871. The van der Waals surface area contributed by atoms with Crippen molar-refractivity contribution >= 4 is 11.6 Å². The zero-order chi connectivity index (χ0) is 13.8. The van der Waals surface area contributed by atoms with Crippen LogP contribution in [-0.4, -0.2) is 49.8 Å². The Morgan fingerprint density at radius 3 is 2.89 bits per heavy atom. The second-order valence-electron chi connectivity index (χ2n) is 4.20. The predicted octanol–water partition coefficient (Wildman–Crippen LogP) is -0.0975. The Morgan fingerprint density at radius 2 is 2.26 bits per heavy atom. The number of carboxylic acid groups (broad SMARTS) is 1. The van der Waals surface area contributed by atoms with Crippen LogP contribution in [0, 0.1) is 0 Å². The van der Waals surface area contributed by atoms with Crippen LogP contribution in [-0.2, 0) is 11.3 Å². The molecule has 2 rings (SSSR count). The lowest BCUT2D eigenvalue weighted by Crippen LogP contribution is -2.34. The number of fused-ring (bicyclic) bond motifs is 1. The molecule has 0 spiro atoms. The number of aromatic nitrogens is 3. The molecule has 0 aromatic carbocycles. The highest BCUT2D eigenvalue weighted by molar-refractivity contribution is 5.69. The Balaban J connectivity index is 2.11. The second kappa shape index (κ2) is 5.66. The summed E-state index contributed by atoms with van der Waals surface area (Å²) < 4.78 is 2.83. The van der Waals surface area contributed by atoms with Gasteiger partial charge in [-0.2, -0.15) is 0 Å². The molecule has 0 bridgehead atoms. The predicted molar refractivity (Wildman–Crippen MR) is 69.2 cm³/mol. The summed E-state index contributed by atoms with van der Waals surface area (Å²) in [7, 11) is 0. The molecule has 102 valence electrons. The third-order valence-electron chi connectivity index (χ3n) is 2.92. The van der Waals surface area contributed by atoms with E-state index in [9.17, 15) is 9.59 Å². The topological polar surface area (TPSA) is 79.8 Å². The molecule has 0 aliphatic heterocycles. The second-order valence-corrected chi connectivity index (χ2v) is 4.20. The molecule has 0 saturated carbocycles. The molecule has 2 heterocycles. The Bertz CT molecular complexity index is 631. The molecule has 0 saturated heterocycles. The Morgan fingerprint density at radius 1 is 1.47 bits per heavy atom. The quantitative estimate of drug-likeness (QED) is 0.788. The normalized spacial score (nSPS) is 11.3. The van der Waals surface area contributed by atoms with E-state index in [1.54, 1.807) is 23.2 Å². The van der Waals surface area contributed by atoms with E-state index in [0.29, 0.717) is 25.3 Å². The van der Waals surface area contributed by atoms with Crippen molar-refractivity contribution in [2.75, 3.05) is 19.6 Å². The van der Waals surface area contributed by atoms with Gasteiger partial charge in [-0.15, -0.1) is 5.10 Å². The van der Waals surface area contributed by atoms with Crippen molar-refractivity contribution in [1.29, 1.82) is 0 Å². The molecule has 0 amide bonds. The van der Waals surface area contributed by atoms with E-state index in [-0.39, 0.29) is 12.2 Å². The average Bonchev–Trinajstić information content (AvgIpc) is 2.71. The van der Waals surface area contributed by atoms with E-state index in [0.717, 1.165) is 0 Å². The zero-order valence-electron chi connectivity index (χ0n) is 10.7. The lowest BCUT2D eigenvalue weighted by molar-refractivity contribution is -0.138. The molecule has 0 aliphatic rings. The van der Waals surface area contributed by atoms with E-state index >= 15 is 0 Å². The molecule has 7 nitrogen and oxygen atoms in total. The van der Waals surface area contributed by atoms with E-state index in [2.05, 4.69) is 5.10 Å². The molecule has 0 unspecified atom stereocenters. The minimum absolute atomic E-state index is 0.0291. The molecule has 0 radical (unpaired) electrons. The average molecular weight is 264 g/mol. The van der Waals surface area contributed by atoms with Gasteiger partial charge in [0.15, 0.2) is 5.65 Å². The first kappa shape index (κ1) is 13.3. The Kier molecular flexibility index (Phi) is 3.96. The van der Waals surface area contributed by atoms with Gasteiger partial charge in [-0.3, -0.25) is 14.1 Å². The number of rotatable bonds is 6. The third kappa shape index (κ3) is 3.00. The molecule has 2 aromatic rings. The molecular formula is C12H16N4O3. The summed E-state index contributed by atoms with van der Waals surface area (Å²) in [5, 5.41) is 12.9. The summed E-state index contributed by atoms with van der Waals surface area (Å²) in [6, 6.07) is 5.34. The molecule has 19 heavy (non-hydrogen) atoms. The Hall–Kier alpha value is -2.15. The molecule has 7 heteroatoms. The monoisotopic (exact) mass is 264 g/mol. The van der Waals surface area contributed by atoms with Gasteiger partial charge in [0.2, 0.25) is 0 Å². The summed E-state index contributed by atoms with van der Waals surface area (Å²) in [5.41, 5.74) is 0.385. The number of nitrogens with zero attached hydrogens (tertiary/aromatic N) is 4. The third-order valence-corrected chi connectivity index (χ3v) is 2.92. The van der Waals surface area contributed by atoms with Gasteiger partial charge < -0.3 is 5.11 Å². The summed E-state index contributed by atoms with van der Waals surface area (Å²) in [6.45, 7) is 3.33. The van der Waals surface area contributed by atoms with Crippen LogP contribution >= 0.6 is 0 Å². The Labute approximate surface area is 109 Å². The largest absolute Gasteiger partial charge is 0.480 e. The van der Waals surface area contributed by atoms with Crippen LogP contribution in [0.2, 0.25) is 0 Å². The maximum absolute atomic E-state index is 12.0. The number of pyridine rings is 1. The minimum Gasteiger partial charge on any atom is -0.480 e. The van der Waals surface area contributed by atoms with E-state index in [4.69, 9.17) is 5.11 Å². The summed E-state index contributed by atoms with van der Waals surface area (Å²) in [4.78, 5) is 24.4. The zero-order valence-corrected chi connectivity index (χ0v) is 10.7. The van der Waals surface area contributed by atoms with Crippen LogP contribution in [0.4, 0.5) is 0 Å². The maximum Gasteiger partial charge on any atom is 0.350 e. The highest BCUT2D eigenvalue weighted by atomic mass is 16.4. The van der Waals surface area contributed by atoms with Gasteiger partial charge in [0, 0.05) is 12.7 Å². The molecule has 2 aromatic heterocycles. The first-order valence-corrected chi connectivity index (χ1v) is 6.10. The molecule has 0 aliphatic carbocycles. The van der Waals surface area contributed by atoms with Gasteiger partial charge in [-0.05, 0) is 18.7 Å². The van der Waals surface area contributed by atoms with Crippen molar-refractivity contribution in [2.24, 2.45) is 0 Å². The van der Waals surface area contributed by atoms with Gasteiger partial charge in [0.1, 0.15) is 0 Å². The number of carbonyl (C=O) groups is 1. The van der Waals surface area contributed by atoms with Crippen LogP contribution in [0.5, 0.6) is 0 Å². The van der Waals surface area contributed by atoms with E-state index in [1.807, 2.05) is 13.0 Å². The van der Waals surface area contributed by atoms with Gasteiger partial charge in [0.05, 0.1) is 13.1 Å². The van der Waals surface area contributed by atoms with Gasteiger partial charge in [-0.1, -0.05) is 13.0 Å². The van der Waals surface area contributed by atoms with Crippen molar-refractivity contribution in [3.05, 3.63) is 34.9 Å². The number of aliphatic carboxylic acids is 1. The summed E-state index contributed by atoms with van der Waals surface area (Å²) >= 11 is 0. The number of likely N-dealkylation sites (N-methyl/N-ethyl adjacent to an activating group) is 1. The fourth-order valence-corrected chi connectivity index (χ4v) is 1.89. The standard InChI is InChI=1S/C12H16N4O3/c1-2-14(9-11(17)18)7-8-16-12(19)15-6-4-3-5-10(15)13-16/h3-6H,2,7-9H2,1H3,(H,17,18). The lowest BCUT2D eigenvalue weighted by Gasteiger charge is -2.16. The number of carboxylic acids is 1. The summed E-state index contributed by atoms with van der Waals surface area (Å²) in [5.74, 6) is -0.871. The first-order valence-electron chi connectivity index (χ1n) is 6.10. The molecule has 1 N–H and O–H groups in total. The highest BCUT2D eigenvalue weighted by Crippen LogP contribution is 1.96. The van der Waals surface area contributed by atoms with Crippen LogP contribution in [0.25, 0.3) is 5.65 Å². The van der Waals surface area contributed by atoms with Crippen LogP contribution in [0.3, 0.4) is 0 Å². The van der Waals surface area contributed by atoms with Crippen molar-refractivity contribution < 1.29 is 9.90 Å². The maximum atomic E-state index is 12.0. The number of hydrogen-bond donors (Lipinski definition) is 1. The highest BCUT2D eigenvalue weighted by Gasteiger charge is 2.10. The van der Waals surface area contributed by atoms with E-state index in [1.165, 1.54) is 9.08 Å². The fraction of sp³-hybridized carbons (Fsp3) is 0.417. The van der Waals surface area contributed by atoms with Crippen LogP contribution in [0.15, 0.2) is 29.2 Å². The van der Waals surface area contributed by atoms with Crippen molar-refractivity contribution in [2.45, 2.75) is 13.5 Å². The van der Waals surface area contributed by atoms with Crippen molar-refractivity contribution in [3.63, 3.8) is 0 Å². The van der Waals surface area contributed by atoms with Crippen LogP contribution < -0.4 is 5.69 Å². The van der Waals surface area contributed by atoms with Crippen molar-refractivity contribution in [1.82, 2.24) is 19.1 Å². The SMILES string of the molecule is CCN(CCn1nc2ccccn2c1=O)CC(=O)O. The summed E-state index contributed by atoms with van der Waals surface area (Å²) in [6.07, 6.45) is 1.66. The van der Waals surface area contributed by atoms with Crippen LogP contribution in [0.1, 0.15) is 6.92 Å². The lowest BCUT2D eigenvalue weighted by atomic mass is 10.4. The smallest absolute Gasteiger partial charge is 0.350 e. The number of hydrogen-bond acceptors (Lipinski definition) is 4. The molecular weight excluding hydrogens is 248 g/mol. The molecule has 0 atom stereocenters. The molecule has 0 fully saturated rings. The van der Waals surface area contributed by atoms with Crippen molar-refractivity contribution in [3.8, 4) is 0 Å². The van der Waals surface area contributed by atoms with Gasteiger partial charge >= 0.3 is 11.7 Å². The first-order chi connectivity index (χ1) is 9.11. The fourth-order valence-electron chi connectivity index (χ4n) is 1.89. The van der Waals surface area contributed by atoms with Gasteiger partial charge in [-0.25, -0.2) is 9.48 Å². The van der Waals surface area contributed by atoms with Gasteiger partial charge in [0.25, 0.3) is 0 Å².